The highest BCUT2D eigenvalue weighted by atomic mass is 28.4. The lowest BCUT2D eigenvalue weighted by Crippen LogP contribution is -2.42. The fourth-order valence-corrected chi connectivity index (χ4v) is 4.10. The van der Waals surface area contributed by atoms with Crippen molar-refractivity contribution in [3.05, 3.63) is 0 Å². The molecule has 0 atom stereocenters. The summed E-state index contributed by atoms with van der Waals surface area (Å²) < 4.78 is 26.4. The monoisotopic (exact) mass is 362 g/mol. The van der Waals surface area contributed by atoms with Crippen molar-refractivity contribution < 1.29 is 22.8 Å². The molecule has 0 aromatic rings. The van der Waals surface area contributed by atoms with Crippen LogP contribution in [-0.4, -0.2) is 68.5 Å². The molecule has 0 aliphatic heterocycles. The van der Waals surface area contributed by atoms with Crippen molar-refractivity contribution in [2.75, 3.05) is 48.3 Å². The van der Waals surface area contributed by atoms with E-state index >= 15 is 0 Å². The molecule has 0 fully saturated rings. The van der Waals surface area contributed by atoms with Crippen LogP contribution in [0.5, 0.6) is 0 Å². The van der Waals surface area contributed by atoms with Crippen LogP contribution in [0.25, 0.3) is 0 Å². The molecule has 0 aliphatic carbocycles. The average Bonchev–Trinajstić information content (AvgIpc) is 2.59. The Morgan fingerprint density at radius 1 is 0.750 bits per heavy atom. The van der Waals surface area contributed by atoms with Gasteiger partial charge < -0.3 is 33.6 Å². The molecule has 0 bridgehead atoms. The molecule has 0 aromatic carbocycles. The van der Waals surface area contributed by atoms with Gasteiger partial charge in [-0.1, -0.05) is 0 Å². The lowest BCUT2D eigenvalue weighted by Gasteiger charge is -2.24. The second kappa shape index (κ2) is 14.7. The summed E-state index contributed by atoms with van der Waals surface area (Å²) in [6, 6.07) is 0.750. The Balaban J connectivity index is 3.73. The average molecular weight is 363 g/mol. The SMILES string of the molecule is COCCOCCCC(=N)CC(=N)CCCC[Si](OC)(OC)OC. The molecule has 0 heterocycles. The van der Waals surface area contributed by atoms with Crippen molar-refractivity contribution >= 4 is 20.2 Å². The first-order valence-electron chi connectivity index (χ1n) is 8.38. The van der Waals surface area contributed by atoms with E-state index in [0.717, 1.165) is 25.3 Å². The van der Waals surface area contributed by atoms with E-state index in [9.17, 15) is 0 Å². The summed E-state index contributed by atoms with van der Waals surface area (Å²) >= 11 is 0. The Labute approximate surface area is 147 Å². The van der Waals surface area contributed by atoms with Crippen LogP contribution in [0.3, 0.4) is 0 Å². The maximum Gasteiger partial charge on any atom is 0.500 e. The number of nitrogens with one attached hydrogen (secondary N) is 2. The van der Waals surface area contributed by atoms with Crippen LogP contribution in [0.1, 0.15) is 38.5 Å². The third kappa shape index (κ3) is 11.0. The Hall–Kier alpha value is -0.643. The van der Waals surface area contributed by atoms with Gasteiger partial charge in [0.1, 0.15) is 0 Å². The van der Waals surface area contributed by atoms with Crippen molar-refractivity contribution in [3.8, 4) is 0 Å². The summed E-state index contributed by atoms with van der Waals surface area (Å²) in [5, 5.41) is 15.9. The molecule has 0 saturated heterocycles. The predicted octanol–water partition coefficient (Wildman–Crippen LogP) is 2.91. The van der Waals surface area contributed by atoms with Crippen molar-refractivity contribution in [1.29, 1.82) is 10.8 Å². The first-order valence-corrected chi connectivity index (χ1v) is 10.3. The van der Waals surface area contributed by atoms with Crippen LogP contribution in [0.2, 0.25) is 6.04 Å². The van der Waals surface area contributed by atoms with E-state index in [1.807, 2.05) is 0 Å². The third-order valence-electron chi connectivity index (χ3n) is 3.77. The van der Waals surface area contributed by atoms with Crippen molar-refractivity contribution in [2.45, 2.75) is 44.6 Å². The van der Waals surface area contributed by atoms with E-state index in [1.54, 1.807) is 28.4 Å². The lowest BCUT2D eigenvalue weighted by molar-refractivity contribution is 0.0701. The zero-order valence-electron chi connectivity index (χ0n) is 15.6. The topological polar surface area (TPSA) is 93.9 Å². The van der Waals surface area contributed by atoms with E-state index in [4.69, 9.17) is 33.6 Å². The second-order valence-corrected chi connectivity index (χ2v) is 8.69. The fraction of sp³-hybridized carbons (Fsp3) is 0.875. The molecule has 0 amide bonds. The van der Waals surface area contributed by atoms with Gasteiger partial charge in [0.25, 0.3) is 0 Å². The number of ether oxygens (including phenoxy) is 2. The van der Waals surface area contributed by atoms with Crippen LogP contribution in [0.4, 0.5) is 0 Å². The maximum atomic E-state index is 7.99. The lowest BCUT2D eigenvalue weighted by atomic mass is 10.0. The summed E-state index contributed by atoms with van der Waals surface area (Å²) in [6.45, 7) is 1.83. The van der Waals surface area contributed by atoms with E-state index in [0.29, 0.717) is 50.5 Å². The number of methoxy groups -OCH3 is 1. The number of hydrogen-bond acceptors (Lipinski definition) is 7. The number of rotatable bonds is 17. The molecule has 0 saturated carbocycles. The first kappa shape index (κ1) is 23.4. The highest BCUT2D eigenvalue weighted by Gasteiger charge is 2.36. The Bertz CT molecular complexity index is 343. The quantitative estimate of drug-likeness (QED) is 0.236. The van der Waals surface area contributed by atoms with Gasteiger partial charge in [-0.15, -0.1) is 0 Å². The van der Waals surface area contributed by atoms with Crippen LogP contribution >= 0.6 is 0 Å². The summed E-state index contributed by atoms with van der Waals surface area (Å²) in [5.74, 6) is 0. The third-order valence-corrected chi connectivity index (χ3v) is 6.60. The molecule has 24 heavy (non-hydrogen) atoms. The first-order chi connectivity index (χ1) is 11.5. The van der Waals surface area contributed by atoms with Crippen molar-refractivity contribution in [3.63, 3.8) is 0 Å². The molecular formula is C16H34N2O5Si. The summed E-state index contributed by atoms with van der Waals surface area (Å²) in [4.78, 5) is 0. The molecule has 8 heteroatoms. The van der Waals surface area contributed by atoms with E-state index < -0.39 is 8.80 Å². The van der Waals surface area contributed by atoms with Crippen LogP contribution in [0.15, 0.2) is 0 Å². The normalized spacial score (nSPS) is 11.7. The fourth-order valence-electron chi connectivity index (χ4n) is 2.30. The minimum absolute atomic E-state index is 0.458. The largest absolute Gasteiger partial charge is 0.500 e. The van der Waals surface area contributed by atoms with Gasteiger partial charge in [0.05, 0.1) is 13.2 Å². The van der Waals surface area contributed by atoms with Gasteiger partial charge in [-0.2, -0.15) is 0 Å². The highest BCUT2D eigenvalue weighted by Crippen LogP contribution is 2.17. The van der Waals surface area contributed by atoms with Gasteiger partial charge in [-0.25, -0.2) is 0 Å². The van der Waals surface area contributed by atoms with Gasteiger partial charge in [0.2, 0.25) is 0 Å². The minimum atomic E-state index is -2.49. The predicted molar refractivity (Wildman–Crippen MR) is 97.4 cm³/mol. The van der Waals surface area contributed by atoms with Crippen LogP contribution in [0, 0.1) is 10.8 Å². The van der Waals surface area contributed by atoms with Crippen LogP contribution in [-0.2, 0) is 22.8 Å². The molecule has 7 nitrogen and oxygen atoms in total. The van der Waals surface area contributed by atoms with Gasteiger partial charge >= 0.3 is 8.80 Å². The molecule has 0 unspecified atom stereocenters. The van der Waals surface area contributed by atoms with E-state index in [-0.39, 0.29) is 0 Å². The number of unbranched alkanes of at least 4 members (excludes halogenated alkanes) is 1. The molecule has 0 aromatic heterocycles. The Morgan fingerprint density at radius 3 is 1.88 bits per heavy atom. The Morgan fingerprint density at radius 2 is 1.33 bits per heavy atom. The van der Waals surface area contributed by atoms with Crippen molar-refractivity contribution in [2.24, 2.45) is 0 Å². The maximum absolute atomic E-state index is 7.99. The van der Waals surface area contributed by atoms with Gasteiger partial charge in [0, 0.05) is 58.9 Å². The summed E-state index contributed by atoms with van der Waals surface area (Å²) in [6.07, 6.45) is 4.44. The Kier molecular flexibility index (Phi) is 14.3. The summed E-state index contributed by atoms with van der Waals surface area (Å²) in [5.41, 5.74) is 1.21. The molecule has 142 valence electrons. The van der Waals surface area contributed by atoms with E-state index in [1.165, 1.54) is 0 Å². The minimum Gasteiger partial charge on any atom is -0.382 e. The molecule has 0 radical (unpaired) electrons. The molecule has 2 N–H and O–H groups in total. The van der Waals surface area contributed by atoms with Crippen LogP contribution < -0.4 is 0 Å². The molecule has 0 aliphatic rings. The van der Waals surface area contributed by atoms with Gasteiger partial charge in [-0.05, 0) is 32.1 Å². The summed E-state index contributed by atoms with van der Waals surface area (Å²) in [7, 11) is 3.99. The zero-order valence-corrected chi connectivity index (χ0v) is 16.6. The van der Waals surface area contributed by atoms with Crippen molar-refractivity contribution in [1.82, 2.24) is 0 Å². The molecule has 0 rings (SSSR count). The standard InChI is InChI=1S/C16H34N2O5Si/c1-19-11-12-23-10-7-9-16(18)14-15(17)8-5-6-13-24(20-2,21-3)22-4/h17-18H,5-14H2,1-4H3. The van der Waals surface area contributed by atoms with E-state index in [2.05, 4.69) is 0 Å². The molecule has 0 spiro atoms. The number of hydrogen-bond donors (Lipinski definition) is 2. The van der Waals surface area contributed by atoms with Gasteiger partial charge in [0.15, 0.2) is 0 Å². The zero-order chi connectivity index (χ0) is 18.3. The molecular weight excluding hydrogens is 328 g/mol. The highest BCUT2D eigenvalue weighted by molar-refractivity contribution is 6.60. The smallest absolute Gasteiger partial charge is 0.382 e. The second-order valence-electron chi connectivity index (χ2n) is 5.60. The van der Waals surface area contributed by atoms with Gasteiger partial charge in [-0.3, -0.25) is 0 Å².